The van der Waals surface area contributed by atoms with Crippen LogP contribution in [0.5, 0.6) is 0 Å². The van der Waals surface area contributed by atoms with Crippen molar-refractivity contribution in [3.63, 3.8) is 0 Å². The van der Waals surface area contributed by atoms with Crippen LogP contribution in [-0.4, -0.2) is 59.2 Å². The average Bonchev–Trinajstić information content (AvgIpc) is 3.30. The summed E-state index contributed by atoms with van der Waals surface area (Å²) >= 11 is 1.64. The first-order chi connectivity index (χ1) is 14.6. The van der Waals surface area contributed by atoms with Gasteiger partial charge in [0.1, 0.15) is 0 Å². The van der Waals surface area contributed by atoms with Crippen molar-refractivity contribution in [1.29, 1.82) is 0 Å². The number of benzene rings is 1. The molecule has 4 atom stereocenters. The van der Waals surface area contributed by atoms with Crippen LogP contribution < -0.4 is 10.6 Å². The smallest absolute Gasteiger partial charge is 0.237 e. The van der Waals surface area contributed by atoms with Crippen LogP contribution in [0.1, 0.15) is 51.4 Å². The lowest BCUT2D eigenvalue weighted by molar-refractivity contribution is -0.126. The van der Waals surface area contributed by atoms with Gasteiger partial charge in [0, 0.05) is 19.1 Å². The van der Waals surface area contributed by atoms with Crippen molar-refractivity contribution in [3.8, 4) is 10.4 Å². The topological polar surface area (TPSA) is 77.5 Å². The fraction of sp³-hybridized carbons (Fsp3) is 0.583. The Kier molecular flexibility index (Phi) is 7.52. The Hall–Kier alpha value is -1.80. The molecular weight excluding hydrogens is 408 g/mol. The summed E-state index contributed by atoms with van der Waals surface area (Å²) in [6.45, 7) is 11.9. The molecule has 3 rings (SSSR count). The van der Waals surface area contributed by atoms with Crippen molar-refractivity contribution in [2.24, 2.45) is 5.41 Å². The molecule has 1 aromatic heterocycles. The van der Waals surface area contributed by atoms with Crippen molar-refractivity contribution >= 4 is 17.2 Å². The molecule has 2 aromatic rings. The van der Waals surface area contributed by atoms with E-state index in [0.717, 1.165) is 23.4 Å². The summed E-state index contributed by atoms with van der Waals surface area (Å²) in [6.07, 6.45) is 0.00776. The minimum absolute atomic E-state index is 0.0183. The Morgan fingerprint density at radius 1 is 1.32 bits per heavy atom. The van der Waals surface area contributed by atoms with Gasteiger partial charge in [-0.2, -0.15) is 0 Å². The van der Waals surface area contributed by atoms with Gasteiger partial charge in [-0.1, -0.05) is 45.0 Å². The number of hydrogen-bond donors (Lipinski definition) is 3. The maximum Gasteiger partial charge on any atom is 0.237 e. The molecule has 31 heavy (non-hydrogen) atoms. The third-order valence-electron chi connectivity index (χ3n) is 6.27. The van der Waals surface area contributed by atoms with Gasteiger partial charge in [0.2, 0.25) is 5.91 Å². The molecule has 6 nitrogen and oxygen atoms in total. The minimum Gasteiger partial charge on any atom is -0.392 e. The largest absolute Gasteiger partial charge is 0.392 e. The summed E-state index contributed by atoms with van der Waals surface area (Å²) in [6, 6.07) is 8.12. The van der Waals surface area contributed by atoms with E-state index < -0.39 is 6.10 Å². The molecule has 0 saturated carbocycles. The number of carbonyl (C=O) groups is 1. The Labute approximate surface area is 190 Å². The summed E-state index contributed by atoms with van der Waals surface area (Å²) in [5.74, 6) is -0.0183. The molecule has 1 amide bonds. The Balaban J connectivity index is 1.65. The maximum absolute atomic E-state index is 13.1. The van der Waals surface area contributed by atoms with Gasteiger partial charge in [-0.15, -0.1) is 11.3 Å². The molecule has 1 fully saturated rings. The van der Waals surface area contributed by atoms with E-state index in [1.54, 1.807) is 11.3 Å². The van der Waals surface area contributed by atoms with Crippen molar-refractivity contribution in [1.82, 2.24) is 20.5 Å². The molecule has 7 heteroatoms. The first-order valence-corrected chi connectivity index (χ1v) is 11.9. The van der Waals surface area contributed by atoms with E-state index in [0.29, 0.717) is 13.0 Å². The molecule has 2 heterocycles. The third-order valence-corrected chi connectivity index (χ3v) is 7.25. The van der Waals surface area contributed by atoms with Crippen LogP contribution in [0.15, 0.2) is 29.8 Å². The number of likely N-dealkylation sites (tertiary alicyclic amines) is 1. The molecule has 0 bridgehead atoms. The van der Waals surface area contributed by atoms with Crippen molar-refractivity contribution in [2.75, 3.05) is 20.1 Å². The second kappa shape index (κ2) is 9.77. The lowest BCUT2D eigenvalue weighted by Crippen LogP contribution is -2.52. The zero-order chi connectivity index (χ0) is 22.8. The standard InChI is InChI=1S/C24H36N4O2S/c1-15(17-7-9-18(10-8-17)22-16(2)26-14-31-22)27-23(30)20-11-19(29)12-28(20)13-21(25-6)24(3,4)5/h7-10,14-15,19-21,25,29H,11-13H2,1-6H3,(H,27,30)/t15-,19+,20-,21+/m0/s1. The summed E-state index contributed by atoms with van der Waals surface area (Å²) in [5, 5.41) is 16.8. The molecule has 0 aliphatic carbocycles. The zero-order valence-corrected chi connectivity index (χ0v) is 20.3. The molecule has 1 aliphatic rings. The Bertz CT molecular complexity index is 874. The molecule has 1 saturated heterocycles. The number of likely N-dealkylation sites (N-methyl/N-ethyl adjacent to an activating group) is 1. The lowest BCUT2D eigenvalue weighted by atomic mass is 9.86. The Morgan fingerprint density at radius 2 is 2.00 bits per heavy atom. The number of β-amino-alcohol motifs (C(OH)–C–C–N with tert-alkyl or cyclic N) is 1. The van der Waals surface area contributed by atoms with E-state index in [1.165, 1.54) is 4.88 Å². The predicted molar refractivity (Wildman–Crippen MR) is 127 cm³/mol. The molecule has 3 N–H and O–H groups in total. The van der Waals surface area contributed by atoms with Gasteiger partial charge in [0.05, 0.1) is 34.3 Å². The molecule has 1 aromatic carbocycles. The number of aromatic nitrogens is 1. The Morgan fingerprint density at radius 3 is 2.55 bits per heavy atom. The number of rotatable bonds is 7. The molecule has 0 unspecified atom stereocenters. The summed E-state index contributed by atoms with van der Waals surface area (Å²) < 4.78 is 0. The van der Waals surface area contributed by atoms with Crippen LogP contribution in [0.25, 0.3) is 10.4 Å². The van der Waals surface area contributed by atoms with E-state index in [1.807, 2.05) is 26.4 Å². The number of hydrogen-bond acceptors (Lipinski definition) is 6. The average molecular weight is 445 g/mol. The summed E-state index contributed by atoms with van der Waals surface area (Å²) in [4.78, 5) is 20.7. The number of aryl methyl sites for hydroxylation is 1. The van der Waals surface area contributed by atoms with Crippen molar-refractivity contribution in [2.45, 2.75) is 65.3 Å². The zero-order valence-electron chi connectivity index (χ0n) is 19.5. The second-order valence-corrected chi connectivity index (χ2v) is 10.5. The van der Waals surface area contributed by atoms with Gasteiger partial charge in [-0.25, -0.2) is 4.98 Å². The summed E-state index contributed by atoms with van der Waals surface area (Å²) in [7, 11) is 1.96. The second-order valence-electron chi connectivity index (χ2n) is 9.69. The molecular formula is C24H36N4O2S. The van der Waals surface area contributed by atoms with Crippen LogP contribution in [0.4, 0.5) is 0 Å². The lowest BCUT2D eigenvalue weighted by Gasteiger charge is -2.35. The normalized spacial score (nSPS) is 21.8. The first-order valence-electron chi connectivity index (χ1n) is 11.0. The number of carbonyl (C=O) groups excluding carboxylic acids is 1. The van der Waals surface area contributed by atoms with Gasteiger partial charge in [-0.05, 0) is 43.9 Å². The maximum atomic E-state index is 13.1. The molecule has 0 spiro atoms. The highest BCUT2D eigenvalue weighted by molar-refractivity contribution is 7.13. The highest BCUT2D eigenvalue weighted by Gasteiger charge is 2.38. The molecule has 0 radical (unpaired) electrons. The predicted octanol–water partition coefficient (Wildman–Crippen LogP) is 3.37. The van der Waals surface area contributed by atoms with Crippen LogP contribution in [0.2, 0.25) is 0 Å². The molecule has 170 valence electrons. The third kappa shape index (κ3) is 5.71. The van der Waals surface area contributed by atoms with E-state index in [-0.39, 0.29) is 29.4 Å². The minimum atomic E-state index is -0.467. The molecule has 1 aliphatic heterocycles. The number of thiazole rings is 1. The highest BCUT2D eigenvalue weighted by Crippen LogP contribution is 2.29. The van der Waals surface area contributed by atoms with Crippen molar-refractivity contribution < 1.29 is 9.90 Å². The van der Waals surface area contributed by atoms with Gasteiger partial charge in [0.25, 0.3) is 0 Å². The van der Waals surface area contributed by atoms with E-state index in [2.05, 4.69) is 65.6 Å². The number of aliphatic hydroxyl groups is 1. The van der Waals surface area contributed by atoms with Crippen LogP contribution in [0, 0.1) is 12.3 Å². The van der Waals surface area contributed by atoms with Crippen LogP contribution in [0.3, 0.4) is 0 Å². The first kappa shape index (κ1) is 23.9. The van der Waals surface area contributed by atoms with Crippen molar-refractivity contribution in [3.05, 3.63) is 41.0 Å². The number of amides is 1. The monoisotopic (exact) mass is 444 g/mol. The summed E-state index contributed by atoms with van der Waals surface area (Å²) in [5.41, 5.74) is 5.17. The van der Waals surface area contributed by atoms with Gasteiger partial charge < -0.3 is 15.7 Å². The number of nitrogens with one attached hydrogen (secondary N) is 2. The van der Waals surface area contributed by atoms with E-state index >= 15 is 0 Å². The van der Waals surface area contributed by atoms with E-state index in [9.17, 15) is 9.90 Å². The SMILES string of the molecule is CN[C@H](CN1C[C@H](O)C[C@H]1C(=O)N[C@@H](C)c1ccc(-c2scnc2C)cc1)C(C)(C)C. The fourth-order valence-electron chi connectivity index (χ4n) is 4.28. The van der Waals surface area contributed by atoms with Crippen LogP contribution >= 0.6 is 11.3 Å². The number of aliphatic hydroxyl groups excluding tert-OH is 1. The van der Waals surface area contributed by atoms with E-state index in [4.69, 9.17) is 0 Å². The van der Waals surface area contributed by atoms with Gasteiger partial charge in [-0.3, -0.25) is 9.69 Å². The van der Waals surface area contributed by atoms with Gasteiger partial charge in [0.15, 0.2) is 0 Å². The van der Waals surface area contributed by atoms with Crippen LogP contribution in [-0.2, 0) is 4.79 Å². The van der Waals surface area contributed by atoms with Gasteiger partial charge >= 0.3 is 0 Å². The highest BCUT2D eigenvalue weighted by atomic mass is 32.1. The quantitative estimate of drug-likeness (QED) is 0.610. The fourth-order valence-corrected chi connectivity index (χ4v) is 5.09. The number of nitrogens with zero attached hydrogens (tertiary/aromatic N) is 2.